The van der Waals surface area contributed by atoms with Gasteiger partial charge in [-0.25, -0.2) is 0 Å². The third-order valence-corrected chi connectivity index (χ3v) is 10.7. The molecular formula is C47H69N3O8. The topological polar surface area (TPSA) is 161 Å². The van der Waals surface area contributed by atoms with Crippen LogP contribution in [-0.2, 0) is 24.7 Å². The van der Waals surface area contributed by atoms with Crippen LogP contribution in [0, 0.1) is 0 Å². The number of unbranched alkanes of at least 4 members (excludes halogenated alkanes) is 14. The van der Waals surface area contributed by atoms with Gasteiger partial charge in [-0.05, 0) is 66.6 Å². The van der Waals surface area contributed by atoms with Crippen molar-refractivity contribution in [1.29, 1.82) is 0 Å². The molecule has 3 rings (SSSR count). The van der Waals surface area contributed by atoms with E-state index in [1.165, 1.54) is 30.7 Å². The third kappa shape index (κ3) is 16.4. The maximum atomic E-state index is 13.7. The van der Waals surface area contributed by atoms with Gasteiger partial charge in [-0.2, -0.15) is 5.01 Å². The molecule has 0 spiro atoms. The van der Waals surface area contributed by atoms with E-state index >= 15 is 0 Å². The fraction of sp³-hybridized carbons (Fsp3) is 0.553. The van der Waals surface area contributed by atoms with Crippen molar-refractivity contribution in [2.24, 2.45) is 5.73 Å². The summed E-state index contributed by atoms with van der Waals surface area (Å²) in [6, 6.07) is 24.9. The summed E-state index contributed by atoms with van der Waals surface area (Å²) in [4.78, 5) is 37.2. The SMILES string of the molecule is CCCCCCCCCCC(O)C(=O)NN(CC(=O)O)C(CCCCCCCCCCC(N)=O)OC(c1ccccc1)(c1ccc(OC)cc1)c1ccc(OC)cc1. The predicted molar refractivity (Wildman–Crippen MR) is 228 cm³/mol. The number of ether oxygens (including phenoxy) is 3. The minimum atomic E-state index is -1.30. The third-order valence-electron chi connectivity index (χ3n) is 10.7. The van der Waals surface area contributed by atoms with E-state index < -0.39 is 36.4 Å². The molecule has 2 amide bonds. The van der Waals surface area contributed by atoms with Crippen molar-refractivity contribution in [3.8, 4) is 11.5 Å². The van der Waals surface area contributed by atoms with Crippen molar-refractivity contribution in [3.63, 3.8) is 0 Å². The van der Waals surface area contributed by atoms with Crippen molar-refractivity contribution in [2.75, 3.05) is 20.8 Å². The van der Waals surface area contributed by atoms with Crippen LogP contribution in [0.4, 0.5) is 0 Å². The Morgan fingerprint density at radius 2 is 1.10 bits per heavy atom. The number of aliphatic hydroxyl groups is 1. The van der Waals surface area contributed by atoms with Crippen LogP contribution in [-0.4, -0.2) is 66.1 Å². The number of methoxy groups -OCH3 is 2. The van der Waals surface area contributed by atoms with E-state index in [1.807, 2.05) is 78.9 Å². The molecule has 0 aliphatic carbocycles. The van der Waals surface area contributed by atoms with Gasteiger partial charge in [0.1, 0.15) is 36.0 Å². The van der Waals surface area contributed by atoms with Gasteiger partial charge in [0.05, 0.1) is 14.2 Å². The number of hydrogen-bond donors (Lipinski definition) is 4. The average molecular weight is 804 g/mol. The monoisotopic (exact) mass is 804 g/mol. The molecule has 0 aromatic heterocycles. The molecule has 0 heterocycles. The lowest BCUT2D eigenvalue weighted by Gasteiger charge is -2.42. The van der Waals surface area contributed by atoms with Gasteiger partial charge < -0.3 is 30.2 Å². The fourth-order valence-electron chi connectivity index (χ4n) is 7.37. The molecule has 11 heteroatoms. The highest BCUT2D eigenvalue weighted by atomic mass is 16.5. The molecule has 0 fully saturated rings. The Kier molecular flexibility index (Phi) is 22.5. The first kappa shape index (κ1) is 47.9. The first-order valence-corrected chi connectivity index (χ1v) is 21.4. The van der Waals surface area contributed by atoms with Gasteiger partial charge in [0.2, 0.25) is 5.91 Å². The number of aliphatic hydroxyl groups excluding tert-OH is 1. The van der Waals surface area contributed by atoms with Crippen molar-refractivity contribution in [1.82, 2.24) is 10.4 Å². The Morgan fingerprint density at radius 3 is 1.57 bits per heavy atom. The number of benzene rings is 3. The maximum Gasteiger partial charge on any atom is 0.319 e. The number of hydrogen-bond acceptors (Lipinski definition) is 8. The van der Waals surface area contributed by atoms with Crippen LogP contribution in [0.3, 0.4) is 0 Å². The smallest absolute Gasteiger partial charge is 0.319 e. The van der Waals surface area contributed by atoms with Crippen molar-refractivity contribution in [2.45, 2.75) is 147 Å². The maximum absolute atomic E-state index is 13.7. The van der Waals surface area contributed by atoms with Gasteiger partial charge in [-0.3, -0.25) is 19.8 Å². The summed E-state index contributed by atoms with van der Waals surface area (Å²) in [5, 5.41) is 22.6. The molecule has 5 N–H and O–H groups in total. The largest absolute Gasteiger partial charge is 0.497 e. The zero-order chi connectivity index (χ0) is 42.0. The minimum absolute atomic E-state index is 0.266. The van der Waals surface area contributed by atoms with Gasteiger partial charge in [-0.15, -0.1) is 0 Å². The van der Waals surface area contributed by atoms with Crippen LogP contribution < -0.4 is 20.6 Å². The second kappa shape index (κ2) is 27.3. The number of nitrogens with zero attached hydrogens (tertiary/aromatic N) is 1. The van der Waals surface area contributed by atoms with Crippen LogP contribution in [0.2, 0.25) is 0 Å². The number of nitrogens with two attached hydrogens (primary N) is 1. The Labute approximate surface area is 346 Å². The quantitative estimate of drug-likeness (QED) is 0.0209. The van der Waals surface area contributed by atoms with Crippen LogP contribution >= 0.6 is 0 Å². The molecule has 0 aliphatic heterocycles. The fourth-order valence-corrected chi connectivity index (χ4v) is 7.37. The summed E-state index contributed by atoms with van der Waals surface area (Å²) in [5.74, 6) is -0.751. The molecular weight excluding hydrogens is 735 g/mol. The second-order valence-corrected chi connectivity index (χ2v) is 15.2. The summed E-state index contributed by atoms with van der Waals surface area (Å²) >= 11 is 0. The van der Waals surface area contributed by atoms with Crippen LogP contribution in [0.15, 0.2) is 78.9 Å². The van der Waals surface area contributed by atoms with Crippen molar-refractivity contribution < 1.29 is 38.8 Å². The van der Waals surface area contributed by atoms with Gasteiger partial charge in [0.25, 0.3) is 5.91 Å². The molecule has 11 nitrogen and oxygen atoms in total. The molecule has 2 atom stereocenters. The van der Waals surface area contributed by atoms with Crippen molar-refractivity contribution in [3.05, 3.63) is 95.6 Å². The van der Waals surface area contributed by atoms with E-state index in [9.17, 15) is 24.6 Å². The van der Waals surface area contributed by atoms with E-state index in [2.05, 4.69) is 12.3 Å². The number of nitrogens with one attached hydrogen (secondary N) is 1. The molecule has 320 valence electrons. The first-order chi connectivity index (χ1) is 28.1. The van der Waals surface area contributed by atoms with Gasteiger partial charge in [0, 0.05) is 6.42 Å². The molecule has 0 saturated heterocycles. The zero-order valence-corrected chi connectivity index (χ0v) is 35.2. The predicted octanol–water partition coefficient (Wildman–Crippen LogP) is 9.03. The van der Waals surface area contributed by atoms with Crippen molar-refractivity contribution >= 4 is 17.8 Å². The molecule has 3 aromatic rings. The Morgan fingerprint density at radius 1 is 0.655 bits per heavy atom. The minimum Gasteiger partial charge on any atom is -0.497 e. The number of amides is 2. The summed E-state index contributed by atoms with van der Waals surface area (Å²) in [6.07, 6.45) is 14.9. The number of primary amides is 1. The summed E-state index contributed by atoms with van der Waals surface area (Å²) in [6.45, 7) is 1.64. The second-order valence-electron chi connectivity index (χ2n) is 15.2. The average Bonchev–Trinajstić information content (AvgIpc) is 3.23. The van der Waals surface area contributed by atoms with E-state index in [0.717, 1.165) is 80.9 Å². The number of hydrazine groups is 1. The molecule has 0 radical (unpaired) electrons. The van der Waals surface area contributed by atoms with Gasteiger partial charge in [-0.1, -0.05) is 151 Å². The summed E-state index contributed by atoms with van der Waals surface area (Å²) in [5.41, 5.74) is 9.11. The highest BCUT2D eigenvalue weighted by Gasteiger charge is 2.42. The summed E-state index contributed by atoms with van der Waals surface area (Å²) < 4.78 is 18.4. The number of carbonyl (C=O) groups excluding carboxylic acids is 2. The van der Waals surface area contributed by atoms with Crippen LogP contribution in [0.25, 0.3) is 0 Å². The molecule has 2 unspecified atom stereocenters. The van der Waals surface area contributed by atoms with Crippen LogP contribution in [0.1, 0.15) is 146 Å². The first-order valence-electron chi connectivity index (χ1n) is 21.4. The number of carbonyl (C=O) groups is 3. The Balaban J connectivity index is 1.95. The number of carboxylic acids is 1. The standard InChI is InChI=1S/C47H69N3O8/c1-4-5-6-7-8-11-14-20-25-42(51)46(55)49-50(36-45(53)54)44(27-22-16-13-10-9-12-15-21-26-43(48)52)58-47(37-23-18-17-19-24-37,38-28-32-40(56-2)33-29-38)39-30-34-41(57-3)35-31-39/h17-19,23-24,28-35,42,44,51H,4-16,20-22,25-27,36H2,1-3H3,(H2,48,52)(H,49,55)(H,53,54). The van der Waals surface area contributed by atoms with E-state index in [-0.39, 0.29) is 12.3 Å². The van der Waals surface area contributed by atoms with E-state index in [0.29, 0.717) is 37.2 Å². The van der Waals surface area contributed by atoms with Gasteiger partial charge >= 0.3 is 5.97 Å². The lowest BCUT2D eigenvalue weighted by molar-refractivity contribution is -0.171. The summed E-state index contributed by atoms with van der Waals surface area (Å²) in [7, 11) is 3.21. The molecule has 0 saturated carbocycles. The highest BCUT2D eigenvalue weighted by molar-refractivity contribution is 5.80. The van der Waals surface area contributed by atoms with Gasteiger partial charge in [0.15, 0.2) is 0 Å². The lowest BCUT2D eigenvalue weighted by Crippen LogP contribution is -2.56. The Bertz CT molecular complexity index is 1540. The molecule has 58 heavy (non-hydrogen) atoms. The van der Waals surface area contributed by atoms with E-state index in [4.69, 9.17) is 19.9 Å². The highest BCUT2D eigenvalue weighted by Crippen LogP contribution is 2.43. The number of carboxylic acid groups (broad SMARTS) is 1. The lowest BCUT2D eigenvalue weighted by atomic mass is 9.79. The molecule has 3 aromatic carbocycles. The zero-order valence-electron chi connectivity index (χ0n) is 35.2. The number of aliphatic carboxylic acids is 1. The normalized spacial score (nSPS) is 12.6. The number of rotatable bonds is 32. The molecule has 0 bridgehead atoms. The van der Waals surface area contributed by atoms with E-state index in [1.54, 1.807) is 14.2 Å². The Hall–Kier alpha value is -4.45. The van der Waals surface area contributed by atoms with Crippen LogP contribution in [0.5, 0.6) is 11.5 Å². The molecule has 0 aliphatic rings.